The van der Waals surface area contributed by atoms with Gasteiger partial charge in [-0.25, -0.2) is 0 Å². The predicted octanol–water partition coefficient (Wildman–Crippen LogP) is 2.52. The second-order valence-corrected chi connectivity index (χ2v) is 4.32. The van der Waals surface area contributed by atoms with Crippen LogP contribution in [0.2, 0.25) is 0 Å². The van der Waals surface area contributed by atoms with Gasteiger partial charge in [-0.3, -0.25) is 14.9 Å². The molecule has 94 valence electrons. The number of pyridine rings is 1. The molecule has 0 radical (unpaired) electrons. The maximum absolute atomic E-state index is 12.1. The van der Waals surface area contributed by atoms with Crippen LogP contribution in [0, 0.1) is 6.92 Å². The molecule has 19 heavy (non-hydrogen) atoms. The number of H-pyrrole nitrogens is 1. The van der Waals surface area contributed by atoms with Crippen LogP contribution in [-0.2, 0) is 0 Å². The largest absolute Gasteiger partial charge is 0.305 e. The van der Waals surface area contributed by atoms with Crippen molar-refractivity contribution in [3.63, 3.8) is 0 Å². The lowest BCUT2D eigenvalue weighted by molar-refractivity contribution is 0.102. The number of para-hydroxylation sites is 1. The number of amides is 1. The molecule has 0 bridgehead atoms. The topological polar surface area (TPSA) is 70.7 Å². The van der Waals surface area contributed by atoms with Gasteiger partial charge in [0, 0.05) is 17.8 Å². The number of fused-ring (bicyclic) bond motifs is 1. The molecule has 3 aromatic rings. The Kier molecular flexibility index (Phi) is 2.72. The van der Waals surface area contributed by atoms with Gasteiger partial charge in [-0.2, -0.15) is 5.10 Å². The third kappa shape index (κ3) is 2.18. The monoisotopic (exact) mass is 252 g/mol. The van der Waals surface area contributed by atoms with E-state index in [0.29, 0.717) is 11.4 Å². The van der Waals surface area contributed by atoms with E-state index in [9.17, 15) is 4.79 Å². The highest BCUT2D eigenvalue weighted by Crippen LogP contribution is 2.20. The molecule has 0 fully saturated rings. The Morgan fingerprint density at radius 3 is 2.95 bits per heavy atom. The van der Waals surface area contributed by atoms with Gasteiger partial charge >= 0.3 is 0 Å². The van der Waals surface area contributed by atoms with E-state index in [1.54, 1.807) is 12.3 Å². The van der Waals surface area contributed by atoms with Crippen LogP contribution in [0.15, 0.2) is 42.7 Å². The van der Waals surface area contributed by atoms with Gasteiger partial charge in [0.1, 0.15) is 0 Å². The van der Waals surface area contributed by atoms with Gasteiger partial charge in [0.05, 0.1) is 11.1 Å². The highest BCUT2D eigenvalue weighted by atomic mass is 16.1. The molecule has 0 saturated heterocycles. The number of anilines is 1. The zero-order chi connectivity index (χ0) is 13.2. The van der Waals surface area contributed by atoms with Crippen molar-refractivity contribution in [2.75, 3.05) is 5.32 Å². The first-order chi connectivity index (χ1) is 9.24. The fraction of sp³-hybridized carbons (Fsp3) is 0.0714. The summed E-state index contributed by atoms with van der Waals surface area (Å²) in [5.41, 5.74) is 2.35. The zero-order valence-electron chi connectivity index (χ0n) is 10.3. The van der Waals surface area contributed by atoms with Gasteiger partial charge in [0.15, 0.2) is 5.82 Å². The van der Waals surface area contributed by atoms with Gasteiger partial charge in [0.2, 0.25) is 0 Å². The second-order valence-electron chi connectivity index (χ2n) is 4.32. The molecule has 2 N–H and O–H groups in total. The number of benzene rings is 1. The molecular formula is C14H12N4O. The lowest BCUT2D eigenvalue weighted by atomic mass is 10.2. The zero-order valence-corrected chi connectivity index (χ0v) is 10.3. The molecule has 0 aliphatic rings. The second kappa shape index (κ2) is 4.53. The van der Waals surface area contributed by atoms with E-state index in [2.05, 4.69) is 20.5 Å². The quantitative estimate of drug-likeness (QED) is 0.736. The molecule has 0 aliphatic heterocycles. The molecule has 2 heterocycles. The van der Waals surface area contributed by atoms with Gasteiger partial charge in [-0.1, -0.05) is 12.1 Å². The van der Waals surface area contributed by atoms with Crippen LogP contribution in [0.5, 0.6) is 0 Å². The first kappa shape index (κ1) is 11.4. The van der Waals surface area contributed by atoms with E-state index in [1.165, 1.54) is 6.20 Å². The number of hydrogen-bond donors (Lipinski definition) is 2. The first-order valence-electron chi connectivity index (χ1n) is 5.90. The average Bonchev–Trinajstić information content (AvgIpc) is 2.82. The molecule has 5 nitrogen and oxygen atoms in total. The van der Waals surface area contributed by atoms with Crippen LogP contribution in [0.3, 0.4) is 0 Å². The van der Waals surface area contributed by atoms with Crippen LogP contribution >= 0.6 is 0 Å². The Labute approximate surface area is 109 Å². The van der Waals surface area contributed by atoms with Crippen molar-refractivity contribution >= 4 is 22.6 Å². The highest BCUT2D eigenvalue weighted by Gasteiger charge is 2.11. The molecular weight excluding hydrogens is 240 g/mol. The average molecular weight is 252 g/mol. The number of aromatic nitrogens is 3. The maximum Gasteiger partial charge on any atom is 0.258 e. The van der Waals surface area contributed by atoms with E-state index in [-0.39, 0.29) is 5.91 Å². The minimum Gasteiger partial charge on any atom is -0.305 e. The lowest BCUT2D eigenvalue weighted by Crippen LogP contribution is -2.12. The normalized spacial score (nSPS) is 10.6. The van der Waals surface area contributed by atoms with Crippen LogP contribution in [-0.4, -0.2) is 21.1 Å². The summed E-state index contributed by atoms with van der Waals surface area (Å²) in [5.74, 6) is 0.315. The number of carbonyl (C=O) groups is 1. The molecule has 0 saturated carbocycles. The van der Waals surface area contributed by atoms with E-state index in [0.717, 1.165) is 16.5 Å². The van der Waals surface area contributed by atoms with Crippen LogP contribution in [0.25, 0.3) is 10.9 Å². The summed E-state index contributed by atoms with van der Waals surface area (Å²) in [6.07, 6.45) is 3.25. The van der Waals surface area contributed by atoms with Crippen LogP contribution in [0.4, 0.5) is 5.82 Å². The summed E-state index contributed by atoms with van der Waals surface area (Å²) in [6.45, 7) is 1.90. The third-order valence-electron chi connectivity index (χ3n) is 2.84. The Hall–Kier alpha value is -2.69. The summed E-state index contributed by atoms with van der Waals surface area (Å²) < 4.78 is 0. The van der Waals surface area contributed by atoms with Crippen molar-refractivity contribution in [2.24, 2.45) is 0 Å². The fourth-order valence-corrected chi connectivity index (χ4v) is 1.92. The Bertz CT molecular complexity index is 748. The van der Waals surface area contributed by atoms with Crippen molar-refractivity contribution in [3.8, 4) is 0 Å². The molecule has 0 atom stereocenters. The van der Waals surface area contributed by atoms with Gasteiger partial charge in [0.25, 0.3) is 5.91 Å². The molecule has 1 aromatic carbocycles. The van der Waals surface area contributed by atoms with E-state index >= 15 is 0 Å². The summed E-state index contributed by atoms with van der Waals surface area (Å²) >= 11 is 0. The minimum atomic E-state index is -0.214. The number of aryl methyl sites for hydroxylation is 1. The number of nitrogens with one attached hydrogen (secondary N) is 2. The van der Waals surface area contributed by atoms with Gasteiger partial charge in [-0.05, 0) is 30.7 Å². The van der Waals surface area contributed by atoms with Crippen molar-refractivity contribution < 1.29 is 4.79 Å². The summed E-state index contributed by atoms with van der Waals surface area (Å²) in [6, 6.07) is 9.42. The molecule has 1 amide bonds. The smallest absolute Gasteiger partial charge is 0.258 e. The molecule has 2 aromatic heterocycles. The van der Waals surface area contributed by atoms with E-state index in [1.807, 2.05) is 31.2 Å². The van der Waals surface area contributed by atoms with E-state index < -0.39 is 0 Å². The standard InChI is InChI=1S/C14H12N4O/c1-9-6-10(8-15-7-9)14(19)16-13-11-4-2-3-5-12(11)17-18-13/h2-8H,1H3,(H2,16,17,18,19). The molecule has 0 spiro atoms. The van der Waals surface area contributed by atoms with Gasteiger partial charge < -0.3 is 5.32 Å². The van der Waals surface area contributed by atoms with Crippen molar-refractivity contribution in [1.82, 2.24) is 15.2 Å². The predicted molar refractivity (Wildman–Crippen MR) is 73.0 cm³/mol. The number of rotatable bonds is 2. The SMILES string of the molecule is Cc1cncc(C(=O)Nc2n[nH]c3ccccc23)c1. The van der Waals surface area contributed by atoms with E-state index in [4.69, 9.17) is 0 Å². The number of carbonyl (C=O) groups excluding carboxylic acids is 1. The Morgan fingerprint density at radius 1 is 1.26 bits per heavy atom. The Balaban J connectivity index is 1.91. The number of nitrogens with zero attached hydrogens (tertiary/aromatic N) is 2. The number of aromatic amines is 1. The Morgan fingerprint density at radius 2 is 2.11 bits per heavy atom. The molecule has 0 aliphatic carbocycles. The summed E-state index contributed by atoms with van der Waals surface area (Å²) in [4.78, 5) is 16.1. The van der Waals surface area contributed by atoms with Crippen molar-refractivity contribution in [3.05, 3.63) is 53.9 Å². The molecule has 0 unspecified atom stereocenters. The number of hydrogen-bond acceptors (Lipinski definition) is 3. The summed E-state index contributed by atoms with van der Waals surface area (Å²) in [7, 11) is 0. The van der Waals surface area contributed by atoms with Crippen molar-refractivity contribution in [2.45, 2.75) is 6.92 Å². The highest BCUT2D eigenvalue weighted by molar-refractivity contribution is 6.07. The summed E-state index contributed by atoms with van der Waals surface area (Å²) in [5, 5.41) is 10.7. The van der Waals surface area contributed by atoms with Crippen LogP contribution < -0.4 is 5.32 Å². The lowest BCUT2D eigenvalue weighted by Gasteiger charge is -2.02. The van der Waals surface area contributed by atoms with Crippen LogP contribution in [0.1, 0.15) is 15.9 Å². The molecule has 5 heteroatoms. The third-order valence-corrected chi connectivity index (χ3v) is 2.84. The molecule has 3 rings (SSSR count). The van der Waals surface area contributed by atoms with Gasteiger partial charge in [-0.15, -0.1) is 0 Å². The maximum atomic E-state index is 12.1. The van der Waals surface area contributed by atoms with Crippen molar-refractivity contribution in [1.29, 1.82) is 0 Å². The fourth-order valence-electron chi connectivity index (χ4n) is 1.92. The first-order valence-corrected chi connectivity index (χ1v) is 5.90. The minimum absolute atomic E-state index is 0.214.